The van der Waals surface area contributed by atoms with Gasteiger partial charge in [-0.15, -0.1) is 0 Å². The van der Waals surface area contributed by atoms with Gasteiger partial charge in [-0.3, -0.25) is 9.88 Å². The Balaban J connectivity index is 1.59. The Labute approximate surface area is 129 Å². The summed E-state index contributed by atoms with van der Waals surface area (Å²) < 4.78 is 0. The molecule has 2 aliphatic rings. The van der Waals surface area contributed by atoms with Gasteiger partial charge in [0.25, 0.3) is 0 Å². The summed E-state index contributed by atoms with van der Waals surface area (Å²) in [5.74, 6) is 0. The van der Waals surface area contributed by atoms with E-state index in [1.165, 1.54) is 70.0 Å². The highest BCUT2D eigenvalue weighted by Crippen LogP contribution is 2.35. The zero-order valence-corrected chi connectivity index (χ0v) is 13.2. The second-order valence-corrected chi connectivity index (χ2v) is 6.79. The monoisotopic (exact) mass is 287 g/mol. The number of pyridine rings is 1. The molecule has 1 aromatic heterocycles. The van der Waals surface area contributed by atoms with Gasteiger partial charge in [-0.2, -0.15) is 0 Å². The first-order valence-corrected chi connectivity index (χ1v) is 8.74. The van der Waals surface area contributed by atoms with Crippen LogP contribution in [-0.4, -0.2) is 35.1 Å². The number of nitrogens with zero attached hydrogens (tertiary/aromatic N) is 2. The fourth-order valence-electron chi connectivity index (χ4n) is 4.12. The average molecular weight is 287 g/mol. The molecule has 0 spiro atoms. The second kappa shape index (κ2) is 7.37. The smallest absolute Gasteiger partial charge is 0.0334 e. The number of aromatic nitrogens is 1. The largest absolute Gasteiger partial charge is 0.311 e. The lowest BCUT2D eigenvalue weighted by Crippen LogP contribution is -2.57. The van der Waals surface area contributed by atoms with Crippen molar-refractivity contribution in [1.82, 2.24) is 15.2 Å². The van der Waals surface area contributed by atoms with Gasteiger partial charge in [0.2, 0.25) is 0 Å². The molecule has 1 aliphatic heterocycles. The van der Waals surface area contributed by atoms with Crippen molar-refractivity contribution in [2.45, 2.75) is 63.5 Å². The van der Waals surface area contributed by atoms with Crippen LogP contribution in [0.3, 0.4) is 0 Å². The van der Waals surface area contributed by atoms with Crippen LogP contribution >= 0.6 is 0 Å². The summed E-state index contributed by atoms with van der Waals surface area (Å²) >= 11 is 0. The SMILES string of the molecule is c1cc(CNCC2(N3CCCCC3)CCCCC2)ccn1. The molecule has 3 heteroatoms. The minimum Gasteiger partial charge on any atom is -0.311 e. The molecular formula is C18H29N3. The fourth-order valence-corrected chi connectivity index (χ4v) is 4.12. The Morgan fingerprint density at radius 3 is 2.33 bits per heavy atom. The van der Waals surface area contributed by atoms with Crippen LogP contribution in [0.5, 0.6) is 0 Å². The van der Waals surface area contributed by atoms with E-state index in [2.05, 4.69) is 27.3 Å². The van der Waals surface area contributed by atoms with E-state index in [1.54, 1.807) is 0 Å². The lowest BCUT2D eigenvalue weighted by atomic mass is 9.79. The Hall–Kier alpha value is -0.930. The molecule has 2 fully saturated rings. The van der Waals surface area contributed by atoms with Crippen molar-refractivity contribution in [2.75, 3.05) is 19.6 Å². The Kier molecular flexibility index (Phi) is 5.26. The highest BCUT2D eigenvalue weighted by atomic mass is 15.2. The summed E-state index contributed by atoms with van der Waals surface area (Å²) in [6.45, 7) is 4.75. The molecule has 2 heterocycles. The molecule has 0 amide bonds. The van der Waals surface area contributed by atoms with E-state index < -0.39 is 0 Å². The molecule has 1 N–H and O–H groups in total. The predicted molar refractivity (Wildman–Crippen MR) is 87.2 cm³/mol. The van der Waals surface area contributed by atoms with E-state index in [0.29, 0.717) is 5.54 Å². The summed E-state index contributed by atoms with van der Waals surface area (Å²) in [4.78, 5) is 6.91. The third kappa shape index (κ3) is 3.83. The highest BCUT2D eigenvalue weighted by Gasteiger charge is 2.37. The summed E-state index contributed by atoms with van der Waals surface area (Å²) in [5, 5.41) is 3.74. The Bertz CT molecular complexity index is 406. The first kappa shape index (κ1) is 15.0. The third-order valence-corrected chi connectivity index (χ3v) is 5.34. The van der Waals surface area contributed by atoms with Gasteiger partial charge >= 0.3 is 0 Å². The van der Waals surface area contributed by atoms with Crippen LogP contribution in [0.2, 0.25) is 0 Å². The van der Waals surface area contributed by atoms with Crippen molar-refractivity contribution >= 4 is 0 Å². The van der Waals surface area contributed by atoms with E-state index in [1.807, 2.05) is 12.4 Å². The minimum absolute atomic E-state index is 0.436. The van der Waals surface area contributed by atoms with Gasteiger partial charge in [0, 0.05) is 31.0 Å². The average Bonchev–Trinajstić information content (AvgIpc) is 2.58. The molecule has 3 nitrogen and oxygen atoms in total. The molecule has 1 saturated heterocycles. The number of piperidine rings is 1. The van der Waals surface area contributed by atoms with E-state index >= 15 is 0 Å². The maximum Gasteiger partial charge on any atom is 0.0334 e. The van der Waals surface area contributed by atoms with E-state index in [0.717, 1.165) is 13.1 Å². The Morgan fingerprint density at radius 1 is 0.952 bits per heavy atom. The highest BCUT2D eigenvalue weighted by molar-refractivity contribution is 5.09. The molecular weight excluding hydrogens is 258 g/mol. The predicted octanol–water partition coefficient (Wildman–Crippen LogP) is 3.36. The molecule has 1 saturated carbocycles. The molecule has 0 radical (unpaired) electrons. The van der Waals surface area contributed by atoms with Crippen molar-refractivity contribution < 1.29 is 0 Å². The zero-order valence-electron chi connectivity index (χ0n) is 13.2. The van der Waals surface area contributed by atoms with Crippen LogP contribution in [0.1, 0.15) is 56.9 Å². The Morgan fingerprint density at radius 2 is 1.62 bits per heavy atom. The number of rotatable bonds is 5. The number of nitrogens with one attached hydrogen (secondary N) is 1. The maximum absolute atomic E-state index is 4.09. The van der Waals surface area contributed by atoms with Gasteiger partial charge in [-0.05, 0) is 56.5 Å². The number of hydrogen-bond acceptors (Lipinski definition) is 3. The van der Waals surface area contributed by atoms with Crippen molar-refractivity contribution in [3.63, 3.8) is 0 Å². The van der Waals surface area contributed by atoms with Crippen LogP contribution in [0.4, 0.5) is 0 Å². The third-order valence-electron chi connectivity index (χ3n) is 5.34. The van der Waals surface area contributed by atoms with Crippen molar-refractivity contribution in [2.24, 2.45) is 0 Å². The minimum atomic E-state index is 0.436. The van der Waals surface area contributed by atoms with Crippen molar-refractivity contribution in [3.05, 3.63) is 30.1 Å². The lowest BCUT2D eigenvalue weighted by Gasteiger charge is -2.48. The van der Waals surface area contributed by atoms with Gasteiger partial charge in [0.15, 0.2) is 0 Å². The van der Waals surface area contributed by atoms with Crippen LogP contribution in [0.15, 0.2) is 24.5 Å². The quantitative estimate of drug-likeness (QED) is 0.900. The van der Waals surface area contributed by atoms with E-state index in [4.69, 9.17) is 0 Å². The molecule has 0 atom stereocenters. The molecule has 1 aliphatic carbocycles. The van der Waals surface area contributed by atoms with Crippen molar-refractivity contribution in [1.29, 1.82) is 0 Å². The van der Waals surface area contributed by atoms with Crippen LogP contribution < -0.4 is 5.32 Å². The molecule has 0 aromatic carbocycles. The van der Waals surface area contributed by atoms with Crippen LogP contribution in [0, 0.1) is 0 Å². The van der Waals surface area contributed by atoms with Crippen molar-refractivity contribution in [3.8, 4) is 0 Å². The standard InChI is InChI=1S/C18H29N3/c1-3-9-18(10-4-1,21-13-5-2-6-14-21)16-20-15-17-7-11-19-12-8-17/h7-8,11-12,20H,1-6,9-10,13-16H2. The van der Waals surface area contributed by atoms with Crippen LogP contribution in [-0.2, 0) is 6.54 Å². The molecule has 0 unspecified atom stereocenters. The summed E-state index contributed by atoms with van der Waals surface area (Å²) in [7, 11) is 0. The van der Waals surface area contributed by atoms with Gasteiger partial charge in [-0.1, -0.05) is 25.7 Å². The molecule has 116 valence electrons. The fraction of sp³-hybridized carbons (Fsp3) is 0.722. The normalized spacial score (nSPS) is 23.0. The first-order chi connectivity index (χ1) is 10.4. The lowest BCUT2D eigenvalue weighted by molar-refractivity contribution is 0.0333. The number of likely N-dealkylation sites (tertiary alicyclic amines) is 1. The topological polar surface area (TPSA) is 28.2 Å². The molecule has 3 rings (SSSR count). The zero-order chi connectivity index (χ0) is 14.4. The number of hydrogen-bond donors (Lipinski definition) is 1. The van der Waals surface area contributed by atoms with Gasteiger partial charge in [0.1, 0.15) is 0 Å². The molecule has 1 aromatic rings. The molecule has 0 bridgehead atoms. The van der Waals surface area contributed by atoms with E-state index in [-0.39, 0.29) is 0 Å². The first-order valence-electron chi connectivity index (χ1n) is 8.74. The summed E-state index contributed by atoms with van der Waals surface area (Å²) in [6, 6.07) is 4.23. The maximum atomic E-state index is 4.09. The van der Waals surface area contributed by atoms with E-state index in [9.17, 15) is 0 Å². The summed E-state index contributed by atoms with van der Waals surface area (Å²) in [5.41, 5.74) is 1.78. The van der Waals surface area contributed by atoms with Crippen LogP contribution in [0.25, 0.3) is 0 Å². The van der Waals surface area contributed by atoms with Gasteiger partial charge < -0.3 is 5.32 Å². The second-order valence-electron chi connectivity index (χ2n) is 6.79. The van der Waals surface area contributed by atoms with Gasteiger partial charge in [0.05, 0.1) is 0 Å². The summed E-state index contributed by atoms with van der Waals surface area (Å²) in [6.07, 6.45) is 15.0. The van der Waals surface area contributed by atoms with Gasteiger partial charge in [-0.25, -0.2) is 0 Å². The molecule has 21 heavy (non-hydrogen) atoms.